The second kappa shape index (κ2) is 3.90. The lowest BCUT2D eigenvalue weighted by Gasteiger charge is -2.23. The van der Waals surface area contributed by atoms with E-state index in [1.54, 1.807) is 5.51 Å². The quantitative estimate of drug-likeness (QED) is 0.876. The summed E-state index contributed by atoms with van der Waals surface area (Å²) < 4.78 is 0.763. The minimum Gasteiger partial charge on any atom is -0.379 e. The molecule has 2 aromatic rings. The van der Waals surface area contributed by atoms with Gasteiger partial charge in [0.1, 0.15) is 10.2 Å². The fraction of sp³-hybridized carbons (Fsp3) is 0.308. The third kappa shape index (κ3) is 1.66. The zero-order valence-corrected chi connectivity index (χ0v) is 11.8. The van der Waals surface area contributed by atoms with Gasteiger partial charge >= 0.3 is 0 Å². The van der Waals surface area contributed by atoms with Crippen molar-refractivity contribution in [1.29, 1.82) is 0 Å². The predicted molar refractivity (Wildman–Crippen MR) is 72.3 cm³/mol. The first-order chi connectivity index (χ1) is 8.11. The summed E-state index contributed by atoms with van der Waals surface area (Å²) >= 11 is 4.93. The molecule has 1 atom stereocenters. The van der Waals surface area contributed by atoms with Crippen molar-refractivity contribution in [3.05, 3.63) is 49.9 Å². The summed E-state index contributed by atoms with van der Waals surface area (Å²) in [5.41, 5.74) is 4.39. The first kappa shape index (κ1) is 11.4. The van der Waals surface area contributed by atoms with Gasteiger partial charge in [0, 0.05) is 0 Å². The molecule has 1 aliphatic carbocycles. The Labute approximate surface area is 112 Å². The van der Waals surface area contributed by atoms with Gasteiger partial charge in [-0.15, -0.1) is 11.3 Å². The smallest absolute Gasteiger partial charge is 0.127 e. The first-order valence-electron chi connectivity index (χ1n) is 5.53. The van der Waals surface area contributed by atoms with Gasteiger partial charge in [0.15, 0.2) is 0 Å². The molecule has 17 heavy (non-hydrogen) atoms. The molecule has 0 spiro atoms. The van der Waals surface area contributed by atoms with Crippen molar-refractivity contribution in [1.82, 2.24) is 4.98 Å². The van der Waals surface area contributed by atoms with Gasteiger partial charge in [0.05, 0.1) is 10.4 Å². The third-order valence-electron chi connectivity index (χ3n) is 3.37. The Morgan fingerprint density at radius 2 is 2.29 bits per heavy atom. The van der Waals surface area contributed by atoms with E-state index in [9.17, 15) is 5.11 Å². The van der Waals surface area contributed by atoms with Crippen LogP contribution in [0.1, 0.15) is 28.0 Å². The van der Waals surface area contributed by atoms with E-state index in [0.29, 0.717) is 0 Å². The van der Waals surface area contributed by atoms with Crippen molar-refractivity contribution in [2.24, 2.45) is 0 Å². The number of nitrogens with zero attached hydrogens (tertiary/aromatic N) is 1. The van der Waals surface area contributed by atoms with E-state index in [4.69, 9.17) is 0 Å². The largest absolute Gasteiger partial charge is 0.379 e. The number of hydrogen-bond donors (Lipinski definition) is 1. The third-order valence-corrected chi connectivity index (χ3v) is 5.21. The highest BCUT2D eigenvalue weighted by Crippen LogP contribution is 2.46. The van der Waals surface area contributed by atoms with Crippen LogP contribution in [-0.4, -0.2) is 10.1 Å². The van der Waals surface area contributed by atoms with Crippen LogP contribution in [-0.2, 0) is 12.0 Å². The number of aromatic nitrogens is 1. The van der Waals surface area contributed by atoms with Crippen molar-refractivity contribution in [2.75, 3.05) is 0 Å². The van der Waals surface area contributed by atoms with Crippen molar-refractivity contribution < 1.29 is 5.11 Å². The number of fused-ring (bicyclic) bond motifs is 1. The maximum atomic E-state index is 10.9. The summed E-state index contributed by atoms with van der Waals surface area (Å²) in [7, 11) is 0. The lowest BCUT2D eigenvalue weighted by Crippen LogP contribution is -2.23. The van der Waals surface area contributed by atoms with Crippen LogP contribution in [0.15, 0.2) is 28.3 Å². The standard InChI is InChI=1S/C13H12BrNOS/c1-8-2-3-9-4-5-13(16,10(9)6-8)11-12(14)15-7-17-11/h2-3,6-7,16H,4-5H2,1H3. The highest BCUT2D eigenvalue weighted by Gasteiger charge is 2.41. The average Bonchev–Trinajstić information content (AvgIpc) is 2.85. The molecule has 1 heterocycles. The molecule has 88 valence electrons. The Bertz CT molecular complexity index is 581. The molecule has 4 heteroatoms. The molecule has 3 rings (SSSR count). The van der Waals surface area contributed by atoms with Crippen molar-refractivity contribution >= 4 is 27.3 Å². The SMILES string of the molecule is Cc1ccc2c(c1)C(O)(c1scnc1Br)CC2. The molecule has 2 nitrogen and oxygen atoms in total. The molecular weight excluding hydrogens is 298 g/mol. The van der Waals surface area contributed by atoms with Crippen LogP contribution < -0.4 is 0 Å². The molecule has 0 saturated heterocycles. The monoisotopic (exact) mass is 309 g/mol. The van der Waals surface area contributed by atoms with Crippen LogP contribution in [0.2, 0.25) is 0 Å². The molecule has 1 aromatic heterocycles. The summed E-state index contributed by atoms with van der Waals surface area (Å²) in [6, 6.07) is 6.32. The van der Waals surface area contributed by atoms with Crippen LogP contribution >= 0.6 is 27.3 Å². The van der Waals surface area contributed by atoms with Crippen LogP contribution in [0.4, 0.5) is 0 Å². The molecule has 1 aliphatic rings. The van der Waals surface area contributed by atoms with E-state index in [2.05, 4.69) is 46.0 Å². The number of hydrogen-bond acceptors (Lipinski definition) is 3. The van der Waals surface area contributed by atoms with Gasteiger partial charge in [0.25, 0.3) is 0 Å². The molecule has 1 unspecified atom stereocenters. The molecule has 0 aliphatic heterocycles. The van der Waals surface area contributed by atoms with Gasteiger partial charge < -0.3 is 5.11 Å². The zero-order valence-electron chi connectivity index (χ0n) is 9.40. The Morgan fingerprint density at radius 3 is 3.00 bits per heavy atom. The fourth-order valence-corrected chi connectivity index (χ4v) is 4.15. The summed E-state index contributed by atoms with van der Waals surface area (Å²) in [4.78, 5) is 5.10. The lowest BCUT2D eigenvalue weighted by atomic mass is 9.93. The Morgan fingerprint density at radius 1 is 1.47 bits per heavy atom. The lowest BCUT2D eigenvalue weighted by molar-refractivity contribution is 0.0858. The first-order valence-corrected chi connectivity index (χ1v) is 7.20. The Hall–Kier alpha value is -0.710. The normalized spacial score (nSPS) is 22.8. The van der Waals surface area contributed by atoms with Crippen LogP contribution in [0.25, 0.3) is 0 Å². The summed E-state index contributed by atoms with van der Waals surface area (Å²) in [5, 5.41) is 10.9. The number of aryl methyl sites for hydroxylation is 2. The van der Waals surface area contributed by atoms with E-state index in [1.165, 1.54) is 22.5 Å². The van der Waals surface area contributed by atoms with Gasteiger partial charge in [0.2, 0.25) is 0 Å². The molecule has 1 aromatic carbocycles. The van der Waals surface area contributed by atoms with Crippen LogP contribution in [0.5, 0.6) is 0 Å². The fourth-order valence-electron chi connectivity index (χ4n) is 2.48. The Balaban J connectivity index is 2.20. The number of thiazole rings is 1. The number of benzene rings is 1. The van der Waals surface area contributed by atoms with Crippen molar-refractivity contribution in [2.45, 2.75) is 25.4 Å². The maximum Gasteiger partial charge on any atom is 0.127 e. The second-order valence-electron chi connectivity index (χ2n) is 4.49. The van der Waals surface area contributed by atoms with E-state index in [-0.39, 0.29) is 0 Å². The van der Waals surface area contributed by atoms with E-state index < -0.39 is 5.60 Å². The van der Waals surface area contributed by atoms with E-state index in [0.717, 1.165) is 27.9 Å². The van der Waals surface area contributed by atoms with E-state index in [1.807, 2.05) is 0 Å². The Kier molecular flexibility index (Phi) is 2.61. The van der Waals surface area contributed by atoms with Crippen molar-refractivity contribution in [3.8, 4) is 0 Å². The average molecular weight is 310 g/mol. The molecule has 0 amide bonds. The topological polar surface area (TPSA) is 33.1 Å². The molecule has 0 radical (unpaired) electrons. The molecule has 0 bridgehead atoms. The summed E-state index contributed by atoms with van der Waals surface area (Å²) in [6.07, 6.45) is 1.67. The van der Waals surface area contributed by atoms with Crippen molar-refractivity contribution in [3.63, 3.8) is 0 Å². The van der Waals surface area contributed by atoms with Gasteiger partial charge in [-0.2, -0.15) is 0 Å². The molecule has 0 fully saturated rings. The highest BCUT2D eigenvalue weighted by atomic mass is 79.9. The van der Waals surface area contributed by atoms with Gasteiger partial charge in [-0.1, -0.05) is 23.8 Å². The molecular formula is C13H12BrNOS. The summed E-state index contributed by atoms with van der Waals surface area (Å²) in [5.74, 6) is 0. The number of rotatable bonds is 1. The van der Waals surface area contributed by atoms with Gasteiger partial charge in [-0.05, 0) is 46.8 Å². The van der Waals surface area contributed by atoms with Gasteiger partial charge in [-0.25, -0.2) is 4.98 Å². The van der Waals surface area contributed by atoms with Crippen LogP contribution in [0.3, 0.4) is 0 Å². The highest BCUT2D eigenvalue weighted by molar-refractivity contribution is 9.10. The number of halogens is 1. The number of aliphatic hydroxyl groups is 1. The summed E-state index contributed by atoms with van der Waals surface area (Å²) in [6.45, 7) is 2.06. The maximum absolute atomic E-state index is 10.9. The van der Waals surface area contributed by atoms with Crippen LogP contribution in [0, 0.1) is 6.92 Å². The second-order valence-corrected chi connectivity index (χ2v) is 6.10. The minimum atomic E-state index is -0.860. The molecule has 0 saturated carbocycles. The van der Waals surface area contributed by atoms with Gasteiger partial charge in [-0.3, -0.25) is 0 Å². The molecule has 1 N–H and O–H groups in total. The van der Waals surface area contributed by atoms with E-state index >= 15 is 0 Å². The predicted octanol–water partition coefficient (Wildman–Crippen LogP) is 3.40. The minimum absolute atomic E-state index is 0.743. The zero-order chi connectivity index (χ0) is 12.0.